The molecular weight excluding hydrogens is 206 g/mol. The van der Waals surface area contributed by atoms with Crippen LogP contribution in [0.3, 0.4) is 0 Å². The van der Waals surface area contributed by atoms with E-state index in [4.69, 9.17) is 9.78 Å². The topological polar surface area (TPSA) is 80.5 Å². The van der Waals surface area contributed by atoms with Crippen LogP contribution in [0, 0.1) is 17.2 Å². The van der Waals surface area contributed by atoms with Crippen molar-refractivity contribution in [1.82, 2.24) is 19.9 Å². The first kappa shape index (κ1) is 9.09. The predicted molar refractivity (Wildman–Crippen MR) is 53.0 cm³/mol. The second-order valence-corrected chi connectivity index (χ2v) is 3.94. The average molecular weight is 215 g/mol. The minimum Gasteiger partial charge on any atom is -0.339 e. The molecule has 1 saturated carbocycles. The van der Waals surface area contributed by atoms with E-state index in [1.807, 2.05) is 13.2 Å². The van der Waals surface area contributed by atoms with Crippen molar-refractivity contribution in [2.45, 2.75) is 12.3 Å². The van der Waals surface area contributed by atoms with Gasteiger partial charge in [0.05, 0.1) is 29.7 Å². The molecule has 0 amide bonds. The van der Waals surface area contributed by atoms with Crippen LogP contribution >= 0.6 is 0 Å². The lowest BCUT2D eigenvalue weighted by Gasteiger charge is -1.84. The fourth-order valence-corrected chi connectivity index (χ4v) is 1.65. The molecule has 1 aliphatic rings. The number of nitriles is 1. The molecule has 0 N–H and O–H groups in total. The molecule has 1 fully saturated rings. The molecule has 6 nitrogen and oxygen atoms in total. The van der Waals surface area contributed by atoms with Gasteiger partial charge in [0.2, 0.25) is 11.7 Å². The number of aryl methyl sites for hydroxylation is 1. The highest BCUT2D eigenvalue weighted by molar-refractivity contribution is 5.51. The minimum atomic E-state index is 0.0437. The van der Waals surface area contributed by atoms with Crippen LogP contribution in [0.25, 0.3) is 11.4 Å². The van der Waals surface area contributed by atoms with Gasteiger partial charge in [0.1, 0.15) is 0 Å². The highest BCUT2D eigenvalue weighted by atomic mass is 16.5. The Bertz CT molecular complexity index is 564. The molecule has 2 atom stereocenters. The van der Waals surface area contributed by atoms with Gasteiger partial charge in [0.15, 0.2) is 0 Å². The lowest BCUT2D eigenvalue weighted by molar-refractivity contribution is 0.378. The molecule has 3 rings (SSSR count). The van der Waals surface area contributed by atoms with Crippen molar-refractivity contribution in [2.75, 3.05) is 0 Å². The van der Waals surface area contributed by atoms with E-state index < -0.39 is 0 Å². The van der Waals surface area contributed by atoms with Crippen molar-refractivity contribution >= 4 is 0 Å². The number of nitrogens with zero attached hydrogens (tertiary/aromatic N) is 5. The standard InChI is InChI=1S/C10H9N5O/c1-15-5-7(4-12-15)9-13-10(16-14-9)8-2-6(8)3-11/h4-6,8H,2H2,1H3. The first-order valence-electron chi connectivity index (χ1n) is 5.00. The zero-order chi connectivity index (χ0) is 11.1. The van der Waals surface area contributed by atoms with Crippen molar-refractivity contribution in [3.8, 4) is 17.5 Å². The van der Waals surface area contributed by atoms with E-state index >= 15 is 0 Å². The zero-order valence-electron chi connectivity index (χ0n) is 8.66. The average Bonchev–Trinajstić information content (AvgIpc) is 2.71. The monoisotopic (exact) mass is 215 g/mol. The Kier molecular flexibility index (Phi) is 1.80. The molecule has 1 aliphatic carbocycles. The van der Waals surface area contributed by atoms with Crippen LogP contribution in [0.1, 0.15) is 18.2 Å². The van der Waals surface area contributed by atoms with Gasteiger partial charge in [0.25, 0.3) is 0 Å². The molecular formula is C10H9N5O. The van der Waals surface area contributed by atoms with Crippen molar-refractivity contribution < 1.29 is 4.52 Å². The smallest absolute Gasteiger partial charge is 0.231 e. The van der Waals surface area contributed by atoms with Gasteiger partial charge in [-0.3, -0.25) is 4.68 Å². The summed E-state index contributed by atoms with van der Waals surface area (Å²) < 4.78 is 6.82. The molecule has 2 aromatic rings. The van der Waals surface area contributed by atoms with Gasteiger partial charge in [-0.05, 0) is 6.42 Å². The maximum atomic E-state index is 8.71. The van der Waals surface area contributed by atoms with Crippen LogP contribution in [0.4, 0.5) is 0 Å². The van der Waals surface area contributed by atoms with Gasteiger partial charge >= 0.3 is 0 Å². The van der Waals surface area contributed by atoms with E-state index in [-0.39, 0.29) is 11.8 Å². The Balaban J connectivity index is 1.86. The summed E-state index contributed by atoms with van der Waals surface area (Å²) in [5, 5.41) is 16.6. The van der Waals surface area contributed by atoms with Gasteiger partial charge in [-0.2, -0.15) is 15.3 Å². The lowest BCUT2D eigenvalue weighted by atomic mass is 10.3. The zero-order valence-corrected chi connectivity index (χ0v) is 8.66. The molecule has 2 aromatic heterocycles. The summed E-state index contributed by atoms with van der Waals surface area (Å²) in [7, 11) is 1.83. The summed E-state index contributed by atoms with van der Waals surface area (Å²) in [6, 6.07) is 2.20. The van der Waals surface area contributed by atoms with Gasteiger partial charge in [0, 0.05) is 13.2 Å². The molecule has 0 aromatic carbocycles. The van der Waals surface area contributed by atoms with E-state index in [0.29, 0.717) is 11.7 Å². The Morgan fingerprint density at radius 3 is 3.12 bits per heavy atom. The molecule has 0 bridgehead atoms. The Morgan fingerprint density at radius 1 is 1.62 bits per heavy atom. The maximum absolute atomic E-state index is 8.71. The summed E-state index contributed by atoms with van der Waals surface area (Å²) in [5.41, 5.74) is 0.826. The Morgan fingerprint density at radius 2 is 2.50 bits per heavy atom. The van der Waals surface area contributed by atoms with Gasteiger partial charge < -0.3 is 4.52 Å². The summed E-state index contributed by atoms with van der Waals surface area (Å²) in [4.78, 5) is 4.27. The number of rotatable bonds is 2. The maximum Gasteiger partial charge on any atom is 0.231 e. The van der Waals surface area contributed by atoms with Gasteiger partial charge in [-0.15, -0.1) is 0 Å². The molecule has 2 unspecified atom stereocenters. The Hall–Kier alpha value is -2.16. The summed E-state index contributed by atoms with van der Waals surface area (Å²) in [6.07, 6.45) is 4.33. The van der Waals surface area contributed by atoms with Crippen molar-refractivity contribution in [1.29, 1.82) is 5.26 Å². The van der Waals surface area contributed by atoms with Crippen LogP contribution in [-0.4, -0.2) is 19.9 Å². The Labute approximate surface area is 91.5 Å². The van der Waals surface area contributed by atoms with E-state index in [1.54, 1.807) is 10.9 Å². The highest BCUT2D eigenvalue weighted by Gasteiger charge is 2.43. The van der Waals surface area contributed by atoms with E-state index in [2.05, 4.69) is 21.3 Å². The van der Waals surface area contributed by atoms with Crippen molar-refractivity contribution in [3.05, 3.63) is 18.3 Å². The third kappa shape index (κ3) is 1.37. The van der Waals surface area contributed by atoms with Crippen molar-refractivity contribution in [3.63, 3.8) is 0 Å². The molecule has 6 heteroatoms. The van der Waals surface area contributed by atoms with E-state index in [0.717, 1.165) is 12.0 Å². The van der Waals surface area contributed by atoms with E-state index in [9.17, 15) is 0 Å². The molecule has 80 valence electrons. The van der Waals surface area contributed by atoms with Crippen LogP contribution in [0.5, 0.6) is 0 Å². The lowest BCUT2D eigenvalue weighted by Crippen LogP contribution is -1.84. The van der Waals surface area contributed by atoms with Crippen LogP contribution in [0.2, 0.25) is 0 Å². The summed E-state index contributed by atoms with van der Waals surface area (Å²) >= 11 is 0. The van der Waals surface area contributed by atoms with E-state index in [1.165, 1.54) is 0 Å². The SMILES string of the molecule is Cn1cc(-c2noc(C3CC3C#N)n2)cn1. The van der Waals surface area contributed by atoms with Crippen LogP contribution < -0.4 is 0 Å². The number of aromatic nitrogens is 4. The van der Waals surface area contributed by atoms with Crippen LogP contribution in [-0.2, 0) is 7.05 Å². The molecule has 0 aliphatic heterocycles. The third-order valence-corrected chi connectivity index (χ3v) is 2.68. The quantitative estimate of drug-likeness (QED) is 0.749. The fraction of sp³-hybridized carbons (Fsp3) is 0.400. The molecule has 0 spiro atoms. The molecule has 2 heterocycles. The molecule has 0 radical (unpaired) electrons. The summed E-state index contributed by atoms with van der Waals surface area (Å²) in [5.74, 6) is 1.27. The minimum absolute atomic E-state index is 0.0437. The second-order valence-electron chi connectivity index (χ2n) is 3.94. The number of hydrogen-bond acceptors (Lipinski definition) is 5. The largest absolute Gasteiger partial charge is 0.339 e. The normalized spacial score (nSPS) is 23.0. The summed E-state index contributed by atoms with van der Waals surface area (Å²) in [6.45, 7) is 0. The third-order valence-electron chi connectivity index (χ3n) is 2.68. The molecule has 0 saturated heterocycles. The second kappa shape index (κ2) is 3.17. The van der Waals surface area contributed by atoms with Gasteiger partial charge in [-0.25, -0.2) is 0 Å². The first-order valence-corrected chi connectivity index (χ1v) is 5.00. The van der Waals surface area contributed by atoms with Gasteiger partial charge in [-0.1, -0.05) is 5.16 Å². The molecule has 16 heavy (non-hydrogen) atoms. The first-order chi connectivity index (χ1) is 7.78. The van der Waals surface area contributed by atoms with Crippen LogP contribution in [0.15, 0.2) is 16.9 Å². The number of hydrogen-bond donors (Lipinski definition) is 0. The predicted octanol–water partition coefficient (Wildman–Crippen LogP) is 1.10. The van der Waals surface area contributed by atoms with Crippen molar-refractivity contribution in [2.24, 2.45) is 13.0 Å². The highest BCUT2D eigenvalue weighted by Crippen LogP contribution is 2.46. The fourth-order valence-electron chi connectivity index (χ4n) is 1.65.